The van der Waals surface area contributed by atoms with Gasteiger partial charge in [0.15, 0.2) is 0 Å². The van der Waals surface area contributed by atoms with E-state index >= 15 is 0 Å². The lowest BCUT2D eigenvalue weighted by atomic mass is 9.81. The predicted octanol–water partition coefficient (Wildman–Crippen LogP) is 4.58. The molecule has 204 valence electrons. The fourth-order valence-corrected chi connectivity index (χ4v) is 6.69. The van der Waals surface area contributed by atoms with Crippen LogP contribution in [0, 0.1) is 11.8 Å². The van der Waals surface area contributed by atoms with Crippen molar-refractivity contribution < 1.29 is 14.3 Å². The van der Waals surface area contributed by atoms with E-state index in [1.165, 1.54) is 5.56 Å². The monoisotopic (exact) mass is 528 g/mol. The van der Waals surface area contributed by atoms with Crippen molar-refractivity contribution in [3.05, 3.63) is 72.6 Å². The highest BCUT2D eigenvalue weighted by molar-refractivity contribution is 5.90. The van der Waals surface area contributed by atoms with Gasteiger partial charge in [-0.1, -0.05) is 31.0 Å². The van der Waals surface area contributed by atoms with Crippen molar-refractivity contribution in [2.24, 2.45) is 11.8 Å². The molecule has 1 aliphatic carbocycles. The van der Waals surface area contributed by atoms with Crippen LogP contribution in [-0.4, -0.2) is 59.0 Å². The summed E-state index contributed by atoms with van der Waals surface area (Å²) < 4.78 is 7.29. The molecular formula is C30H36N6O3. The first-order chi connectivity index (χ1) is 19.1. The highest BCUT2D eigenvalue weighted by Crippen LogP contribution is 2.47. The number of anilines is 2. The van der Waals surface area contributed by atoms with E-state index in [1.807, 2.05) is 48.7 Å². The molecule has 9 heteroatoms. The molecule has 2 aliphatic heterocycles. The second kappa shape index (κ2) is 11.1. The largest absolute Gasteiger partial charge is 0.383 e. The maximum Gasteiger partial charge on any atom is 0.319 e. The number of hydrogen-bond donors (Lipinski definition) is 3. The van der Waals surface area contributed by atoms with Crippen LogP contribution in [0.15, 0.2) is 67.0 Å². The Morgan fingerprint density at radius 3 is 2.67 bits per heavy atom. The SMILES string of the molecule is COC[C@@H]1Nc2ccccc2[C@H]2[C@@H]1CCN2C(=O)[C@H]1CCCCC1NC(=O)Nc1ccc(-n2cccn2)cc1. The molecule has 3 amide bonds. The first-order valence-electron chi connectivity index (χ1n) is 13.9. The van der Waals surface area contributed by atoms with Gasteiger partial charge in [0, 0.05) is 49.4 Å². The number of para-hydroxylation sites is 1. The Balaban J connectivity index is 1.15. The van der Waals surface area contributed by atoms with Gasteiger partial charge in [0.25, 0.3) is 0 Å². The van der Waals surface area contributed by atoms with Gasteiger partial charge in [-0.15, -0.1) is 0 Å². The van der Waals surface area contributed by atoms with Gasteiger partial charge in [-0.05, 0) is 61.2 Å². The van der Waals surface area contributed by atoms with Gasteiger partial charge >= 0.3 is 6.03 Å². The number of nitrogens with zero attached hydrogens (tertiary/aromatic N) is 3. The molecule has 6 rings (SSSR count). The molecule has 1 unspecified atom stereocenters. The summed E-state index contributed by atoms with van der Waals surface area (Å²) in [5, 5.41) is 14.0. The van der Waals surface area contributed by atoms with Gasteiger partial charge in [0.2, 0.25) is 5.91 Å². The number of likely N-dealkylation sites (tertiary alicyclic amines) is 1. The van der Waals surface area contributed by atoms with E-state index < -0.39 is 0 Å². The van der Waals surface area contributed by atoms with Crippen molar-refractivity contribution in [1.29, 1.82) is 0 Å². The second-order valence-electron chi connectivity index (χ2n) is 10.8. The lowest BCUT2D eigenvalue weighted by Crippen LogP contribution is -2.51. The molecule has 0 bridgehead atoms. The van der Waals surface area contributed by atoms with E-state index in [0.717, 1.165) is 50.0 Å². The average Bonchev–Trinajstić information content (AvgIpc) is 3.65. The van der Waals surface area contributed by atoms with Crippen LogP contribution in [0.2, 0.25) is 0 Å². The number of ether oxygens (including phenoxy) is 1. The van der Waals surface area contributed by atoms with E-state index in [1.54, 1.807) is 18.0 Å². The van der Waals surface area contributed by atoms with Gasteiger partial charge in [0.1, 0.15) is 0 Å². The Hall–Kier alpha value is -3.85. The molecule has 1 saturated carbocycles. The van der Waals surface area contributed by atoms with E-state index in [2.05, 4.69) is 38.1 Å². The standard InChI is InChI=1S/C30H36N6O3/c1-39-19-27-23-15-18-35(28(23)22-7-2-4-9-25(22)33-27)29(37)24-8-3-5-10-26(24)34-30(38)32-20-11-13-21(14-12-20)36-17-6-16-31-36/h2,4,6-7,9,11-14,16-17,23-24,26-28,33H,3,5,8,10,15,18-19H2,1H3,(H2,32,34,38)/t23-,24+,26?,27+,28+/m1/s1. The molecule has 3 aliphatic rings. The number of rotatable bonds is 6. The van der Waals surface area contributed by atoms with Crippen LogP contribution >= 0.6 is 0 Å². The fraction of sp³-hybridized carbons (Fsp3) is 0.433. The van der Waals surface area contributed by atoms with Gasteiger partial charge in [0.05, 0.1) is 30.3 Å². The highest BCUT2D eigenvalue weighted by Gasteiger charge is 2.48. The maximum atomic E-state index is 14.1. The molecule has 2 fully saturated rings. The Kier molecular flexibility index (Phi) is 7.24. The number of fused-ring (bicyclic) bond motifs is 3. The van der Waals surface area contributed by atoms with Gasteiger partial charge in [-0.25, -0.2) is 9.48 Å². The van der Waals surface area contributed by atoms with E-state index in [9.17, 15) is 9.59 Å². The summed E-state index contributed by atoms with van der Waals surface area (Å²) in [6, 6.07) is 17.4. The van der Waals surface area contributed by atoms with Crippen LogP contribution in [0.1, 0.15) is 43.7 Å². The van der Waals surface area contributed by atoms with Crippen LogP contribution in [0.3, 0.4) is 0 Å². The quantitative estimate of drug-likeness (QED) is 0.435. The van der Waals surface area contributed by atoms with Crippen molar-refractivity contribution in [3.63, 3.8) is 0 Å². The van der Waals surface area contributed by atoms with E-state index in [4.69, 9.17) is 4.74 Å². The molecule has 0 radical (unpaired) electrons. The molecule has 9 nitrogen and oxygen atoms in total. The van der Waals surface area contributed by atoms with E-state index in [0.29, 0.717) is 18.2 Å². The molecule has 1 saturated heterocycles. The van der Waals surface area contributed by atoms with Crippen LogP contribution in [0.4, 0.5) is 16.2 Å². The number of urea groups is 1. The zero-order chi connectivity index (χ0) is 26.8. The predicted molar refractivity (Wildman–Crippen MR) is 150 cm³/mol. The summed E-state index contributed by atoms with van der Waals surface area (Å²) in [6.07, 6.45) is 8.13. The van der Waals surface area contributed by atoms with Gasteiger partial charge < -0.3 is 25.6 Å². The van der Waals surface area contributed by atoms with E-state index in [-0.39, 0.29) is 36.0 Å². The third-order valence-electron chi connectivity index (χ3n) is 8.50. The van der Waals surface area contributed by atoms with Gasteiger partial charge in [-0.3, -0.25) is 4.79 Å². The Morgan fingerprint density at radius 2 is 1.87 bits per heavy atom. The molecule has 3 aromatic rings. The molecule has 1 aromatic heterocycles. The van der Waals surface area contributed by atoms with Crippen molar-refractivity contribution in [2.75, 3.05) is 30.9 Å². The Bertz CT molecular complexity index is 1290. The number of aromatic nitrogens is 2. The summed E-state index contributed by atoms with van der Waals surface area (Å²) in [4.78, 5) is 29.2. The summed E-state index contributed by atoms with van der Waals surface area (Å²) in [5.41, 5.74) is 3.87. The number of hydrogen-bond acceptors (Lipinski definition) is 5. The molecule has 0 spiro atoms. The topological polar surface area (TPSA) is 101 Å². The number of methoxy groups -OCH3 is 1. The minimum atomic E-state index is -0.279. The Labute approximate surface area is 228 Å². The molecule has 39 heavy (non-hydrogen) atoms. The molecule has 2 aromatic carbocycles. The summed E-state index contributed by atoms with van der Waals surface area (Å²) in [6.45, 7) is 1.33. The normalized spacial score (nSPS) is 25.8. The number of benzene rings is 2. The summed E-state index contributed by atoms with van der Waals surface area (Å²) >= 11 is 0. The first kappa shape index (κ1) is 25.4. The van der Waals surface area contributed by atoms with Crippen molar-refractivity contribution >= 4 is 23.3 Å². The first-order valence-corrected chi connectivity index (χ1v) is 13.9. The number of amides is 3. The highest BCUT2D eigenvalue weighted by atomic mass is 16.5. The van der Waals surface area contributed by atoms with Crippen LogP contribution < -0.4 is 16.0 Å². The zero-order valence-electron chi connectivity index (χ0n) is 22.3. The van der Waals surface area contributed by atoms with Crippen molar-refractivity contribution in [2.45, 2.75) is 50.2 Å². The smallest absolute Gasteiger partial charge is 0.319 e. The zero-order valence-corrected chi connectivity index (χ0v) is 22.3. The third kappa shape index (κ3) is 5.11. The van der Waals surface area contributed by atoms with Crippen LogP contribution in [-0.2, 0) is 9.53 Å². The van der Waals surface area contributed by atoms with Crippen LogP contribution in [0.5, 0.6) is 0 Å². The third-order valence-corrected chi connectivity index (χ3v) is 8.50. The number of carbonyl (C=O) groups excluding carboxylic acids is 2. The molecule has 3 heterocycles. The van der Waals surface area contributed by atoms with Crippen molar-refractivity contribution in [3.8, 4) is 5.69 Å². The number of carbonyl (C=O) groups is 2. The van der Waals surface area contributed by atoms with Crippen LogP contribution in [0.25, 0.3) is 5.69 Å². The summed E-state index contributed by atoms with van der Waals surface area (Å²) in [7, 11) is 1.73. The molecule has 5 atom stereocenters. The molecular weight excluding hydrogens is 492 g/mol. The lowest BCUT2D eigenvalue weighted by molar-refractivity contribution is -0.138. The minimum Gasteiger partial charge on any atom is -0.383 e. The maximum absolute atomic E-state index is 14.1. The van der Waals surface area contributed by atoms with Crippen molar-refractivity contribution in [1.82, 2.24) is 20.0 Å². The van der Waals surface area contributed by atoms with Gasteiger partial charge in [-0.2, -0.15) is 5.10 Å². The fourth-order valence-electron chi connectivity index (χ4n) is 6.69. The minimum absolute atomic E-state index is 0.0276. The number of nitrogens with one attached hydrogen (secondary N) is 3. The Morgan fingerprint density at radius 1 is 1.05 bits per heavy atom. The lowest BCUT2D eigenvalue weighted by Gasteiger charge is -2.41. The second-order valence-corrected chi connectivity index (χ2v) is 10.8. The average molecular weight is 529 g/mol. The summed E-state index contributed by atoms with van der Waals surface area (Å²) in [5.74, 6) is 0.226. The molecule has 3 N–H and O–H groups in total.